The van der Waals surface area contributed by atoms with E-state index in [4.69, 9.17) is 0 Å². The Labute approximate surface area is 118 Å². The molecule has 1 fully saturated rings. The van der Waals surface area contributed by atoms with Crippen molar-refractivity contribution in [3.63, 3.8) is 0 Å². The van der Waals surface area contributed by atoms with Gasteiger partial charge in [-0.2, -0.15) is 11.8 Å². The zero-order chi connectivity index (χ0) is 13.7. The minimum Gasteiger partial charge on any atom is -0.364 e. The number of rotatable bonds is 6. The molecule has 1 heterocycles. The van der Waals surface area contributed by atoms with Crippen molar-refractivity contribution in [2.45, 2.75) is 49.7 Å². The average molecular weight is 304 g/mol. The van der Waals surface area contributed by atoms with Crippen LogP contribution in [0.2, 0.25) is 0 Å². The number of hydrogen-bond acceptors (Lipinski definition) is 5. The van der Waals surface area contributed by atoms with Crippen LogP contribution in [0.4, 0.5) is 0 Å². The number of hydrogen-bond donors (Lipinski definition) is 1. The lowest BCUT2D eigenvalue weighted by Crippen LogP contribution is -2.44. The van der Waals surface area contributed by atoms with E-state index in [-0.39, 0.29) is 11.8 Å². The van der Waals surface area contributed by atoms with Crippen molar-refractivity contribution in [2.75, 3.05) is 5.75 Å². The maximum Gasteiger partial charge on any atom is 0.217 e. The largest absolute Gasteiger partial charge is 0.364 e. The molecule has 7 heteroatoms. The molecular weight excluding hydrogens is 284 g/mol. The lowest BCUT2D eigenvalue weighted by Gasteiger charge is -2.31. The predicted molar refractivity (Wildman–Crippen MR) is 76.4 cm³/mol. The summed E-state index contributed by atoms with van der Waals surface area (Å²) in [6.45, 7) is 2.11. The summed E-state index contributed by atoms with van der Waals surface area (Å²) in [6.07, 6.45) is 5.70. The molecule has 0 saturated heterocycles. The molecule has 0 aliphatic heterocycles. The maximum absolute atomic E-state index is 12.1. The second-order valence-corrected chi connectivity index (χ2v) is 8.02. The van der Waals surface area contributed by atoms with Crippen molar-refractivity contribution < 1.29 is 12.9 Å². The summed E-state index contributed by atoms with van der Waals surface area (Å²) in [5.41, 5.74) is 0.447. The molecule has 1 aromatic rings. The first-order valence-corrected chi connectivity index (χ1v) is 9.31. The Kier molecular flexibility index (Phi) is 5.29. The molecule has 1 saturated carbocycles. The van der Waals surface area contributed by atoms with Crippen LogP contribution >= 0.6 is 11.8 Å². The zero-order valence-corrected chi connectivity index (χ0v) is 12.7. The van der Waals surface area contributed by atoms with Crippen LogP contribution in [0.3, 0.4) is 0 Å². The van der Waals surface area contributed by atoms with Gasteiger partial charge in [-0.05, 0) is 18.6 Å². The molecule has 0 radical (unpaired) electrons. The molecule has 1 N–H and O–H groups in total. The summed E-state index contributed by atoms with van der Waals surface area (Å²) in [5, 5.41) is 4.04. The van der Waals surface area contributed by atoms with Gasteiger partial charge < -0.3 is 4.52 Å². The highest BCUT2D eigenvalue weighted by atomic mass is 32.2. The van der Waals surface area contributed by atoms with Crippen LogP contribution in [0, 0.1) is 0 Å². The minimum atomic E-state index is -3.34. The summed E-state index contributed by atoms with van der Waals surface area (Å²) >= 11 is 1.85. The number of nitrogens with one attached hydrogen (secondary N) is 1. The van der Waals surface area contributed by atoms with E-state index in [2.05, 4.69) is 21.3 Å². The molecule has 108 valence electrons. The average Bonchev–Trinajstić information content (AvgIpc) is 2.83. The molecule has 1 aliphatic rings. The second-order valence-electron chi connectivity index (χ2n) is 4.75. The molecule has 0 amide bonds. The van der Waals surface area contributed by atoms with Crippen molar-refractivity contribution in [3.8, 4) is 0 Å². The lowest BCUT2D eigenvalue weighted by molar-refractivity contribution is 0.411. The van der Waals surface area contributed by atoms with E-state index < -0.39 is 10.0 Å². The third-order valence-electron chi connectivity index (χ3n) is 3.24. The summed E-state index contributed by atoms with van der Waals surface area (Å²) in [7, 11) is -3.34. The van der Waals surface area contributed by atoms with Crippen LogP contribution in [0.1, 0.15) is 38.3 Å². The van der Waals surface area contributed by atoms with E-state index >= 15 is 0 Å². The molecule has 0 aromatic carbocycles. The van der Waals surface area contributed by atoms with Gasteiger partial charge in [0.25, 0.3) is 0 Å². The molecule has 19 heavy (non-hydrogen) atoms. The van der Waals surface area contributed by atoms with Gasteiger partial charge in [-0.15, -0.1) is 0 Å². The zero-order valence-electron chi connectivity index (χ0n) is 11.0. The van der Waals surface area contributed by atoms with Gasteiger partial charge in [-0.3, -0.25) is 0 Å². The van der Waals surface area contributed by atoms with E-state index in [1.807, 2.05) is 11.8 Å². The van der Waals surface area contributed by atoms with E-state index in [0.29, 0.717) is 10.9 Å². The fraction of sp³-hybridized carbons (Fsp3) is 0.750. The molecule has 1 aliphatic carbocycles. The van der Waals surface area contributed by atoms with Gasteiger partial charge in [0.2, 0.25) is 10.0 Å². The SMILES string of the molecule is CCS[C@@H]1CCCC[C@@H]1NS(=O)(=O)Cc1ccon1. The quantitative estimate of drug-likeness (QED) is 0.872. The van der Waals surface area contributed by atoms with Crippen molar-refractivity contribution in [3.05, 3.63) is 18.0 Å². The Morgan fingerprint density at radius 3 is 2.95 bits per heavy atom. The van der Waals surface area contributed by atoms with Gasteiger partial charge in [0, 0.05) is 17.4 Å². The second kappa shape index (κ2) is 6.76. The number of nitrogens with zero attached hydrogens (tertiary/aromatic N) is 1. The first kappa shape index (κ1) is 14.9. The molecule has 0 bridgehead atoms. The molecule has 0 spiro atoms. The van der Waals surface area contributed by atoms with E-state index in [1.54, 1.807) is 6.07 Å². The van der Waals surface area contributed by atoms with Gasteiger partial charge in [-0.25, -0.2) is 13.1 Å². The normalized spacial score (nSPS) is 24.5. The molecule has 1 aromatic heterocycles. The van der Waals surface area contributed by atoms with E-state index in [0.717, 1.165) is 25.0 Å². The maximum atomic E-state index is 12.1. The van der Waals surface area contributed by atoms with Crippen LogP contribution in [-0.4, -0.2) is 30.6 Å². The standard InChI is InChI=1S/C12H20N2O3S2/c1-2-18-12-6-4-3-5-11(12)14-19(15,16)9-10-7-8-17-13-10/h7-8,11-12,14H,2-6,9H2,1H3/t11-,12+/m0/s1. The van der Waals surface area contributed by atoms with Gasteiger partial charge in [-0.1, -0.05) is 24.9 Å². The van der Waals surface area contributed by atoms with Crippen LogP contribution in [0.25, 0.3) is 0 Å². The smallest absolute Gasteiger partial charge is 0.217 e. The highest BCUT2D eigenvalue weighted by molar-refractivity contribution is 8.00. The fourth-order valence-corrected chi connectivity index (χ4v) is 5.07. The van der Waals surface area contributed by atoms with Crippen LogP contribution in [0.15, 0.2) is 16.9 Å². The fourth-order valence-electron chi connectivity index (χ4n) is 2.42. The van der Waals surface area contributed by atoms with Crippen LogP contribution < -0.4 is 4.72 Å². The molecule has 0 unspecified atom stereocenters. The summed E-state index contributed by atoms with van der Waals surface area (Å²) in [5.74, 6) is 0.912. The predicted octanol–water partition coefficient (Wildman–Crippen LogP) is 2.16. The Morgan fingerprint density at radius 1 is 1.47 bits per heavy atom. The van der Waals surface area contributed by atoms with Crippen molar-refractivity contribution in [1.29, 1.82) is 0 Å². The third-order valence-corrected chi connectivity index (χ3v) is 5.91. The molecule has 2 rings (SSSR count). The highest BCUT2D eigenvalue weighted by Crippen LogP contribution is 2.29. The number of aromatic nitrogens is 1. The Morgan fingerprint density at radius 2 is 2.26 bits per heavy atom. The first-order chi connectivity index (χ1) is 9.11. The van der Waals surface area contributed by atoms with Gasteiger partial charge in [0.05, 0.1) is 5.69 Å². The Hall–Kier alpha value is -0.530. The van der Waals surface area contributed by atoms with Crippen LogP contribution in [0.5, 0.6) is 0 Å². The van der Waals surface area contributed by atoms with Crippen molar-refractivity contribution in [2.24, 2.45) is 0 Å². The molecular formula is C12H20N2O3S2. The van der Waals surface area contributed by atoms with Gasteiger partial charge in [0.15, 0.2) is 0 Å². The monoisotopic (exact) mass is 304 g/mol. The Bertz CT molecular complexity index is 471. The number of sulfonamides is 1. The number of thioether (sulfide) groups is 1. The van der Waals surface area contributed by atoms with E-state index in [1.165, 1.54) is 12.7 Å². The highest BCUT2D eigenvalue weighted by Gasteiger charge is 2.29. The van der Waals surface area contributed by atoms with Crippen molar-refractivity contribution in [1.82, 2.24) is 9.88 Å². The minimum absolute atomic E-state index is 0.0515. The van der Waals surface area contributed by atoms with Gasteiger partial charge >= 0.3 is 0 Å². The summed E-state index contributed by atoms with van der Waals surface area (Å²) in [4.78, 5) is 0. The van der Waals surface area contributed by atoms with Gasteiger partial charge in [0.1, 0.15) is 12.0 Å². The van der Waals surface area contributed by atoms with E-state index in [9.17, 15) is 8.42 Å². The summed E-state index contributed by atoms with van der Waals surface area (Å²) < 4.78 is 31.7. The summed E-state index contributed by atoms with van der Waals surface area (Å²) in [6, 6.07) is 1.63. The van der Waals surface area contributed by atoms with Crippen molar-refractivity contribution >= 4 is 21.8 Å². The third kappa shape index (κ3) is 4.50. The van der Waals surface area contributed by atoms with Crippen LogP contribution in [-0.2, 0) is 15.8 Å². The first-order valence-electron chi connectivity index (χ1n) is 6.61. The molecule has 5 nitrogen and oxygen atoms in total. The molecule has 2 atom stereocenters. The topological polar surface area (TPSA) is 72.2 Å². The lowest BCUT2D eigenvalue weighted by atomic mass is 9.96. The Balaban J connectivity index is 1.97.